The number of benzene rings is 1. The van der Waals surface area contributed by atoms with Crippen molar-refractivity contribution >= 4 is 5.91 Å². The van der Waals surface area contributed by atoms with Crippen molar-refractivity contribution in [2.24, 2.45) is 5.92 Å². The molecule has 2 aliphatic rings. The van der Waals surface area contributed by atoms with Gasteiger partial charge in [0.05, 0.1) is 0 Å². The second kappa shape index (κ2) is 9.07. The maximum absolute atomic E-state index is 13.0. The van der Waals surface area contributed by atoms with Gasteiger partial charge in [-0.25, -0.2) is 0 Å². The third kappa shape index (κ3) is 5.45. The minimum absolute atomic E-state index is 0.104. The molecule has 1 saturated heterocycles. The molecule has 1 aromatic carbocycles. The zero-order valence-electron chi connectivity index (χ0n) is 16.6. The maximum Gasteiger partial charge on any atom is 0.255 e. The molecule has 0 aromatic heterocycles. The van der Waals surface area contributed by atoms with Gasteiger partial charge in [0.1, 0.15) is 5.75 Å². The summed E-state index contributed by atoms with van der Waals surface area (Å²) in [7, 11) is 1.91. The number of hydrogen-bond acceptors (Lipinski definition) is 4. The van der Waals surface area contributed by atoms with E-state index >= 15 is 0 Å². The predicted molar refractivity (Wildman–Crippen MR) is 106 cm³/mol. The van der Waals surface area contributed by atoms with Gasteiger partial charge in [-0.3, -0.25) is 9.69 Å². The first-order chi connectivity index (χ1) is 13.0. The van der Waals surface area contributed by atoms with E-state index in [1.165, 1.54) is 32.1 Å². The highest BCUT2D eigenvalue weighted by Crippen LogP contribution is 2.29. The standard InChI is InChI=1S/C22H34N2O3/c1-23(16-19-9-5-10-20(25)15-19)17-22(27)12-6-13-24(21(22)26)14-11-18-7-3-2-4-8-18/h5,9-10,15,18,25,27H,2-4,6-8,11-14,16-17H2,1H3/t22-/m1/s1. The number of carbonyl (C=O) groups is 1. The van der Waals surface area contributed by atoms with Gasteiger partial charge < -0.3 is 15.1 Å². The monoisotopic (exact) mass is 374 g/mol. The van der Waals surface area contributed by atoms with Crippen molar-refractivity contribution in [3.63, 3.8) is 0 Å². The first-order valence-electron chi connectivity index (χ1n) is 10.4. The quantitative estimate of drug-likeness (QED) is 0.770. The third-order valence-corrected chi connectivity index (χ3v) is 6.13. The van der Waals surface area contributed by atoms with Crippen molar-refractivity contribution in [2.75, 3.05) is 26.7 Å². The predicted octanol–water partition coefficient (Wildman–Crippen LogP) is 3.15. The van der Waals surface area contributed by atoms with Gasteiger partial charge in [0.15, 0.2) is 5.60 Å². The number of carbonyl (C=O) groups excluding carboxylic acids is 1. The largest absolute Gasteiger partial charge is 0.508 e. The molecule has 0 unspecified atom stereocenters. The molecular weight excluding hydrogens is 340 g/mol. The number of likely N-dealkylation sites (tertiary alicyclic amines) is 1. The highest BCUT2D eigenvalue weighted by atomic mass is 16.3. The summed E-state index contributed by atoms with van der Waals surface area (Å²) in [5.74, 6) is 0.879. The molecule has 150 valence electrons. The molecule has 1 heterocycles. The van der Waals surface area contributed by atoms with E-state index in [1.54, 1.807) is 12.1 Å². The van der Waals surface area contributed by atoms with Gasteiger partial charge in [0.2, 0.25) is 0 Å². The summed E-state index contributed by atoms with van der Waals surface area (Å²) in [5, 5.41) is 20.7. The van der Waals surface area contributed by atoms with Crippen molar-refractivity contribution in [1.29, 1.82) is 0 Å². The van der Waals surface area contributed by atoms with E-state index in [1.807, 2.05) is 29.0 Å². The Kier molecular flexibility index (Phi) is 6.77. The molecule has 0 spiro atoms. The maximum atomic E-state index is 13.0. The lowest BCUT2D eigenvalue weighted by atomic mass is 9.86. The molecule has 2 fully saturated rings. The van der Waals surface area contributed by atoms with Crippen LogP contribution in [0.1, 0.15) is 56.9 Å². The molecule has 1 saturated carbocycles. The Hall–Kier alpha value is -1.59. The van der Waals surface area contributed by atoms with Gasteiger partial charge in [-0.05, 0) is 49.9 Å². The van der Waals surface area contributed by atoms with Crippen molar-refractivity contribution in [1.82, 2.24) is 9.80 Å². The summed E-state index contributed by atoms with van der Waals surface area (Å²) in [4.78, 5) is 16.8. The van der Waals surface area contributed by atoms with E-state index < -0.39 is 5.60 Å². The normalized spacial score (nSPS) is 24.6. The first kappa shape index (κ1) is 20.2. The summed E-state index contributed by atoms with van der Waals surface area (Å²) in [6, 6.07) is 7.12. The zero-order chi connectivity index (χ0) is 19.3. The number of amides is 1. The van der Waals surface area contributed by atoms with Crippen molar-refractivity contribution in [3.8, 4) is 5.75 Å². The first-order valence-corrected chi connectivity index (χ1v) is 10.4. The van der Waals surface area contributed by atoms with Crippen LogP contribution in [0, 0.1) is 5.92 Å². The molecule has 5 heteroatoms. The summed E-state index contributed by atoms with van der Waals surface area (Å²) < 4.78 is 0. The fourth-order valence-electron chi connectivity index (χ4n) is 4.71. The highest BCUT2D eigenvalue weighted by molar-refractivity contribution is 5.86. The van der Waals surface area contributed by atoms with Gasteiger partial charge in [0, 0.05) is 26.2 Å². The molecule has 5 nitrogen and oxygen atoms in total. The van der Waals surface area contributed by atoms with Gasteiger partial charge in [-0.2, -0.15) is 0 Å². The van der Waals surface area contributed by atoms with E-state index in [-0.39, 0.29) is 11.7 Å². The molecule has 2 N–H and O–H groups in total. The Morgan fingerprint density at radius 3 is 2.74 bits per heavy atom. The van der Waals surface area contributed by atoms with Crippen LogP contribution >= 0.6 is 0 Å². The van der Waals surface area contributed by atoms with E-state index in [2.05, 4.69) is 0 Å². The molecule has 1 aliphatic carbocycles. The second-order valence-corrected chi connectivity index (χ2v) is 8.56. The van der Waals surface area contributed by atoms with Gasteiger partial charge >= 0.3 is 0 Å². The van der Waals surface area contributed by atoms with Crippen molar-refractivity contribution < 1.29 is 15.0 Å². The van der Waals surface area contributed by atoms with Crippen LogP contribution in [0.2, 0.25) is 0 Å². The number of likely N-dealkylation sites (N-methyl/N-ethyl adjacent to an activating group) is 1. The molecule has 0 bridgehead atoms. The van der Waals surface area contributed by atoms with E-state index in [9.17, 15) is 15.0 Å². The van der Waals surface area contributed by atoms with Crippen LogP contribution in [0.15, 0.2) is 24.3 Å². The lowest BCUT2D eigenvalue weighted by Crippen LogP contribution is -2.58. The Morgan fingerprint density at radius 2 is 2.00 bits per heavy atom. The number of phenolic OH excluding ortho intramolecular Hbond substituents is 1. The molecule has 1 aromatic rings. The number of rotatable bonds is 7. The van der Waals surface area contributed by atoms with E-state index in [4.69, 9.17) is 0 Å². The summed E-state index contributed by atoms with van der Waals surface area (Å²) >= 11 is 0. The minimum Gasteiger partial charge on any atom is -0.508 e. The second-order valence-electron chi connectivity index (χ2n) is 8.56. The Balaban J connectivity index is 1.54. The number of aliphatic hydroxyl groups is 1. The number of hydrogen-bond donors (Lipinski definition) is 2. The Labute approximate surface area is 163 Å². The van der Waals surface area contributed by atoms with Gasteiger partial charge in [0.25, 0.3) is 5.91 Å². The fourth-order valence-corrected chi connectivity index (χ4v) is 4.71. The van der Waals surface area contributed by atoms with Crippen LogP contribution < -0.4 is 0 Å². The number of nitrogens with zero attached hydrogens (tertiary/aromatic N) is 2. The van der Waals surface area contributed by atoms with Crippen LogP contribution in [-0.2, 0) is 11.3 Å². The minimum atomic E-state index is -1.30. The zero-order valence-corrected chi connectivity index (χ0v) is 16.6. The smallest absolute Gasteiger partial charge is 0.255 e. The molecule has 1 amide bonds. The number of aromatic hydroxyl groups is 1. The highest BCUT2D eigenvalue weighted by Gasteiger charge is 2.42. The number of phenols is 1. The van der Waals surface area contributed by atoms with Gasteiger partial charge in [-0.1, -0.05) is 44.2 Å². The van der Waals surface area contributed by atoms with Crippen molar-refractivity contribution in [3.05, 3.63) is 29.8 Å². The number of piperidine rings is 1. The SMILES string of the molecule is CN(Cc1cccc(O)c1)C[C@]1(O)CCCN(CCC2CCCCC2)C1=O. The average molecular weight is 375 g/mol. The molecular formula is C22H34N2O3. The summed E-state index contributed by atoms with van der Waals surface area (Å²) in [6.45, 7) is 2.46. The molecule has 3 rings (SSSR count). The topological polar surface area (TPSA) is 64.0 Å². The Bertz CT molecular complexity index is 630. The molecule has 0 radical (unpaired) electrons. The Morgan fingerprint density at radius 1 is 1.22 bits per heavy atom. The molecule has 1 atom stereocenters. The van der Waals surface area contributed by atoms with Crippen LogP contribution in [0.25, 0.3) is 0 Å². The van der Waals surface area contributed by atoms with Gasteiger partial charge in [-0.15, -0.1) is 0 Å². The summed E-state index contributed by atoms with van der Waals surface area (Å²) in [6.07, 6.45) is 9.02. The van der Waals surface area contributed by atoms with Crippen LogP contribution in [0.5, 0.6) is 5.75 Å². The van der Waals surface area contributed by atoms with Crippen LogP contribution in [-0.4, -0.2) is 58.2 Å². The van der Waals surface area contributed by atoms with Crippen molar-refractivity contribution in [2.45, 2.75) is 63.5 Å². The molecule has 27 heavy (non-hydrogen) atoms. The van der Waals surface area contributed by atoms with Crippen LogP contribution in [0.3, 0.4) is 0 Å². The summed E-state index contributed by atoms with van der Waals surface area (Å²) in [5.41, 5.74) is -0.324. The lowest BCUT2D eigenvalue weighted by molar-refractivity contribution is -0.159. The fraction of sp³-hybridized carbons (Fsp3) is 0.682. The van der Waals surface area contributed by atoms with E-state index in [0.717, 1.165) is 37.4 Å². The van der Waals surface area contributed by atoms with Crippen LogP contribution in [0.4, 0.5) is 0 Å². The third-order valence-electron chi connectivity index (χ3n) is 6.13. The molecule has 1 aliphatic heterocycles. The lowest BCUT2D eigenvalue weighted by Gasteiger charge is -2.40. The van der Waals surface area contributed by atoms with E-state index in [0.29, 0.717) is 19.5 Å². The average Bonchev–Trinajstić information content (AvgIpc) is 2.64.